The van der Waals surface area contributed by atoms with E-state index in [-0.39, 0.29) is 11.4 Å². The lowest BCUT2D eigenvalue weighted by Crippen LogP contribution is -2.44. The van der Waals surface area contributed by atoms with E-state index in [1.807, 2.05) is 13.8 Å². The first-order valence-corrected chi connectivity index (χ1v) is 6.47. The van der Waals surface area contributed by atoms with Crippen LogP contribution in [0.5, 0.6) is 0 Å². The Morgan fingerprint density at radius 3 is 2.89 bits per heavy atom. The molecule has 2 rings (SSSR count). The zero-order valence-corrected chi connectivity index (χ0v) is 11.2. The quantitative estimate of drug-likeness (QED) is 0.809. The van der Waals surface area contributed by atoms with Gasteiger partial charge in [0.15, 0.2) is 5.69 Å². The molecule has 6 heteroatoms. The number of nitrogens with one attached hydrogen (secondary N) is 2. The number of amides is 1. The molecule has 0 aliphatic carbocycles. The van der Waals surface area contributed by atoms with Crippen LogP contribution in [-0.4, -0.2) is 39.5 Å². The maximum atomic E-state index is 12.0. The summed E-state index contributed by atoms with van der Waals surface area (Å²) in [7, 11) is 0. The van der Waals surface area contributed by atoms with E-state index >= 15 is 0 Å². The summed E-state index contributed by atoms with van der Waals surface area (Å²) in [6.07, 6.45) is 3.70. The smallest absolute Gasteiger partial charge is 0.273 e. The maximum absolute atomic E-state index is 12.0. The van der Waals surface area contributed by atoms with Crippen LogP contribution in [0, 0.1) is 0 Å². The second-order valence-electron chi connectivity index (χ2n) is 5.48. The number of hydrogen-bond acceptors (Lipinski definition) is 4. The fourth-order valence-electron chi connectivity index (χ4n) is 2.08. The van der Waals surface area contributed by atoms with Crippen LogP contribution in [0.3, 0.4) is 0 Å². The van der Waals surface area contributed by atoms with Crippen molar-refractivity contribution in [2.75, 3.05) is 13.1 Å². The monoisotopic (exact) mass is 251 g/mol. The van der Waals surface area contributed by atoms with Crippen molar-refractivity contribution >= 4 is 5.91 Å². The molecule has 0 unspecified atom stereocenters. The van der Waals surface area contributed by atoms with Crippen LogP contribution < -0.4 is 10.6 Å². The van der Waals surface area contributed by atoms with Crippen molar-refractivity contribution in [3.05, 3.63) is 11.9 Å². The maximum Gasteiger partial charge on any atom is 0.273 e. The Hall–Kier alpha value is -1.43. The molecular formula is C12H21N5O. The van der Waals surface area contributed by atoms with Gasteiger partial charge in [-0.3, -0.25) is 4.79 Å². The third-order valence-electron chi connectivity index (χ3n) is 3.20. The topological polar surface area (TPSA) is 71.8 Å². The van der Waals surface area contributed by atoms with Crippen LogP contribution in [-0.2, 0) is 0 Å². The largest absolute Gasteiger partial charge is 0.346 e. The van der Waals surface area contributed by atoms with Gasteiger partial charge in [0.05, 0.1) is 12.2 Å². The minimum Gasteiger partial charge on any atom is -0.346 e. The molecular weight excluding hydrogens is 230 g/mol. The zero-order chi connectivity index (χ0) is 13.2. The minimum atomic E-state index is -0.201. The van der Waals surface area contributed by atoms with Crippen molar-refractivity contribution < 1.29 is 4.79 Å². The van der Waals surface area contributed by atoms with E-state index < -0.39 is 0 Å². The standard InChI is InChI=1S/C12H21N5O/c1-4-5-12(2,3)14-11(18)10-8-17(16-15-10)9-6-13-7-9/h8-9,13H,4-7H2,1-3H3,(H,14,18). The van der Waals surface area contributed by atoms with Gasteiger partial charge in [0, 0.05) is 18.6 Å². The Morgan fingerprint density at radius 1 is 1.61 bits per heavy atom. The number of carbonyl (C=O) groups excluding carboxylic acids is 1. The van der Waals surface area contributed by atoms with E-state index in [0.717, 1.165) is 25.9 Å². The highest BCUT2D eigenvalue weighted by molar-refractivity contribution is 5.92. The molecule has 1 amide bonds. The Labute approximate surface area is 107 Å². The Bertz CT molecular complexity index is 422. The summed E-state index contributed by atoms with van der Waals surface area (Å²) in [5, 5.41) is 14.1. The number of nitrogens with zero attached hydrogens (tertiary/aromatic N) is 3. The van der Waals surface area contributed by atoms with Gasteiger partial charge in [0.1, 0.15) is 0 Å². The van der Waals surface area contributed by atoms with Crippen LogP contribution in [0.2, 0.25) is 0 Å². The molecule has 1 fully saturated rings. The summed E-state index contributed by atoms with van der Waals surface area (Å²) >= 11 is 0. The normalized spacial score (nSPS) is 16.4. The highest BCUT2D eigenvalue weighted by Gasteiger charge is 2.24. The Kier molecular flexibility index (Phi) is 3.65. The van der Waals surface area contributed by atoms with Crippen LogP contribution >= 0.6 is 0 Å². The summed E-state index contributed by atoms with van der Waals surface area (Å²) in [6.45, 7) is 7.94. The van der Waals surface area contributed by atoms with Gasteiger partial charge in [-0.1, -0.05) is 18.6 Å². The second kappa shape index (κ2) is 5.06. The van der Waals surface area contributed by atoms with Crippen molar-refractivity contribution in [1.82, 2.24) is 25.6 Å². The van der Waals surface area contributed by atoms with Gasteiger partial charge in [-0.15, -0.1) is 5.10 Å². The number of rotatable bonds is 5. The highest BCUT2D eigenvalue weighted by Crippen LogP contribution is 2.13. The average molecular weight is 251 g/mol. The molecule has 0 atom stereocenters. The van der Waals surface area contributed by atoms with Crippen LogP contribution in [0.15, 0.2) is 6.20 Å². The van der Waals surface area contributed by atoms with E-state index in [0.29, 0.717) is 11.7 Å². The molecule has 2 N–H and O–H groups in total. The highest BCUT2D eigenvalue weighted by atomic mass is 16.2. The van der Waals surface area contributed by atoms with Crippen molar-refractivity contribution in [3.63, 3.8) is 0 Å². The summed E-state index contributed by atoms with van der Waals surface area (Å²) in [5.41, 5.74) is 0.194. The molecule has 100 valence electrons. The molecule has 0 aromatic carbocycles. The Morgan fingerprint density at radius 2 is 2.33 bits per heavy atom. The molecule has 1 aliphatic heterocycles. The van der Waals surface area contributed by atoms with E-state index in [2.05, 4.69) is 27.9 Å². The zero-order valence-electron chi connectivity index (χ0n) is 11.2. The van der Waals surface area contributed by atoms with Crippen LogP contribution in [0.1, 0.15) is 50.1 Å². The van der Waals surface area contributed by atoms with Crippen molar-refractivity contribution in [3.8, 4) is 0 Å². The lowest BCUT2D eigenvalue weighted by atomic mass is 9.99. The average Bonchev–Trinajstić information content (AvgIpc) is 2.63. The van der Waals surface area contributed by atoms with E-state index in [1.54, 1.807) is 10.9 Å². The van der Waals surface area contributed by atoms with Gasteiger partial charge in [0.25, 0.3) is 5.91 Å². The molecule has 1 aromatic rings. The molecule has 2 heterocycles. The first-order valence-electron chi connectivity index (χ1n) is 6.47. The second-order valence-corrected chi connectivity index (χ2v) is 5.48. The summed E-state index contributed by atoms with van der Waals surface area (Å²) < 4.78 is 1.76. The van der Waals surface area contributed by atoms with E-state index in [1.165, 1.54) is 0 Å². The molecule has 0 radical (unpaired) electrons. The lowest BCUT2D eigenvalue weighted by molar-refractivity contribution is 0.0903. The molecule has 1 saturated heterocycles. The van der Waals surface area contributed by atoms with Gasteiger partial charge >= 0.3 is 0 Å². The third kappa shape index (κ3) is 2.87. The fourth-order valence-corrected chi connectivity index (χ4v) is 2.08. The molecule has 0 bridgehead atoms. The van der Waals surface area contributed by atoms with Crippen molar-refractivity contribution in [2.45, 2.75) is 45.2 Å². The van der Waals surface area contributed by atoms with E-state index in [9.17, 15) is 4.79 Å². The fraction of sp³-hybridized carbons (Fsp3) is 0.750. The van der Waals surface area contributed by atoms with Gasteiger partial charge in [-0.05, 0) is 20.3 Å². The van der Waals surface area contributed by atoms with Gasteiger partial charge in [-0.25, -0.2) is 4.68 Å². The molecule has 18 heavy (non-hydrogen) atoms. The summed E-state index contributed by atoms with van der Waals surface area (Å²) in [4.78, 5) is 12.0. The molecule has 6 nitrogen and oxygen atoms in total. The van der Waals surface area contributed by atoms with Gasteiger partial charge < -0.3 is 10.6 Å². The van der Waals surface area contributed by atoms with E-state index in [4.69, 9.17) is 0 Å². The summed E-state index contributed by atoms with van der Waals surface area (Å²) in [6, 6.07) is 0.336. The first kappa shape index (κ1) is 13.0. The molecule has 1 aliphatic rings. The van der Waals surface area contributed by atoms with Gasteiger partial charge in [-0.2, -0.15) is 0 Å². The SMILES string of the molecule is CCCC(C)(C)NC(=O)c1cn(C2CNC2)nn1. The molecule has 0 saturated carbocycles. The van der Waals surface area contributed by atoms with Gasteiger partial charge in [0.2, 0.25) is 0 Å². The first-order chi connectivity index (χ1) is 8.52. The predicted molar refractivity (Wildman–Crippen MR) is 68.4 cm³/mol. The van der Waals surface area contributed by atoms with Crippen LogP contribution in [0.4, 0.5) is 0 Å². The van der Waals surface area contributed by atoms with Crippen LogP contribution in [0.25, 0.3) is 0 Å². The Balaban J connectivity index is 1.98. The number of carbonyl (C=O) groups is 1. The lowest BCUT2D eigenvalue weighted by Gasteiger charge is -2.26. The van der Waals surface area contributed by atoms with Crippen molar-refractivity contribution in [1.29, 1.82) is 0 Å². The van der Waals surface area contributed by atoms with Crippen molar-refractivity contribution in [2.24, 2.45) is 0 Å². The predicted octanol–water partition coefficient (Wildman–Crippen LogP) is 0.731. The minimum absolute atomic E-state index is 0.146. The third-order valence-corrected chi connectivity index (χ3v) is 3.20. The number of hydrogen-bond donors (Lipinski definition) is 2. The molecule has 0 spiro atoms. The molecule has 1 aromatic heterocycles. The summed E-state index contributed by atoms with van der Waals surface area (Å²) in [5.74, 6) is -0.146. The number of aromatic nitrogens is 3.